The molecule has 2 bridgehead atoms. The Labute approximate surface area is 72.2 Å². The second-order valence-corrected chi connectivity index (χ2v) is 4.36. The van der Waals surface area contributed by atoms with E-state index in [0.717, 1.165) is 6.54 Å². The van der Waals surface area contributed by atoms with Crippen LogP contribution in [0.5, 0.6) is 0 Å². The number of nitrogens with zero attached hydrogens (tertiary/aromatic N) is 1. The highest BCUT2D eigenvalue weighted by Gasteiger charge is 2.53. The van der Waals surface area contributed by atoms with Crippen LogP contribution in [-0.2, 0) is 4.79 Å². The standard InChI is InChI=1S/C10H13NO/c1-11-5-8-6-2-3-7(4-6)9(8)10(11)12/h2-3,6-9H,4-5H2,1H3. The second kappa shape index (κ2) is 1.93. The third-order valence-electron chi connectivity index (χ3n) is 3.77. The van der Waals surface area contributed by atoms with Crippen LogP contribution >= 0.6 is 0 Å². The van der Waals surface area contributed by atoms with Gasteiger partial charge in [-0.15, -0.1) is 0 Å². The van der Waals surface area contributed by atoms with Crippen molar-refractivity contribution in [2.75, 3.05) is 13.6 Å². The number of amides is 1. The average Bonchev–Trinajstić information content (AvgIpc) is 2.66. The number of fused-ring (bicyclic) bond motifs is 5. The van der Waals surface area contributed by atoms with Gasteiger partial charge in [0.25, 0.3) is 0 Å². The molecule has 1 saturated carbocycles. The highest BCUT2D eigenvalue weighted by Crippen LogP contribution is 2.51. The molecule has 0 aromatic carbocycles. The van der Waals surface area contributed by atoms with Crippen LogP contribution in [-0.4, -0.2) is 24.4 Å². The zero-order valence-corrected chi connectivity index (χ0v) is 7.23. The van der Waals surface area contributed by atoms with Gasteiger partial charge in [0.1, 0.15) is 0 Å². The van der Waals surface area contributed by atoms with E-state index in [9.17, 15) is 4.79 Å². The van der Waals surface area contributed by atoms with Crippen LogP contribution in [0.4, 0.5) is 0 Å². The van der Waals surface area contributed by atoms with E-state index in [-0.39, 0.29) is 0 Å². The Balaban J connectivity index is 2.00. The molecule has 2 aliphatic carbocycles. The van der Waals surface area contributed by atoms with Gasteiger partial charge in [0, 0.05) is 19.5 Å². The molecule has 3 rings (SSSR count). The summed E-state index contributed by atoms with van der Waals surface area (Å²) in [6, 6.07) is 0. The van der Waals surface area contributed by atoms with Crippen molar-refractivity contribution in [1.29, 1.82) is 0 Å². The summed E-state index contributed by atoms with van der Waals surface area (Å²) in [5, 5.41) is 0. The molecule has 1 amide bonds. The first-order valence-corrected chi connectivity index (χ1v) is 4.70. The molecule has 4 atom stereocenters. The lowest BCUT2D eigenvalue weighted by atomic mass is 9.86. The summed E-state index contributed by atoms with van der Waals surface area (Å²) in [4.78, 5) is 13.6. The first-order valence-electron chi connectivity index (χ1n) is 4.70. The monoisotopic (exact) mass is 163 g/mol. The molecule has 1 aliphatic heterocycles. The van der Waals surface area contributed by atoms with E-state index in [4.69, 9.17) is 0 Å². The second-order valence-electron chi connectivity index (χ2n) is 4.36. The van der Waals surface area contributed by atoms with E-state index in [2.05, 4.69) is 12.2 Å². The lowest BCUT2D eigenvalue weighted by Gasteiger charge is -2.15. The van der Waals surface area contributed by atoms with E-state index >= 15 is 0 Å². The first-order chi connectivity index (χ1) is 5.77. The van der Waals surface area contributed by atoms with Gasteiger partial charge in [-0.1, -0.05) is 12.2 Å². The Bertz CT molecular complexity index is 271. The first kappa shape index (κ1) is 6.70. The normalized spacial score (nSPS) is 49.1. The fourth-order valence-electron chi connectivity index (χ4n) is 3.20. The van der Waals surface area contributed by atoms with Gasteiger partial charge in [-0.3, -0.25) is 4.79 Å². The molecule has 2 nitrogen and oxygen atoms in total. The minimum Gasteiger partial charge on any atom is -0.345 e. The van der Waals surface area contributed by atoms with Gasteiger partial charge in [-0.25, -0.2) is 0 Å². The highest BCUT2D eigenvalue weighted by molar-refractivity contribution is 5.82. The number of hydrogen-bond donors (Lipinski definition) is 0. The number of carbonyl (C=O) groups is 1. The van der Waals surface area contributed by atoms with Crippen LogP contribution < -0.4 is 0 Å². The van der Waals surface area contributed by atoms with Crippen LogP contribution in [0.3, 0.4) is 0 Å². The summed E-state index contributed by atoms with van der Waals surface area (Å²) < 4.78 is 0. The third kappa shape index (κ3) is 0.598. The molecule has 64 valence electrons. The summed E-state index contributed by atoms with van der Waals surface area (Å²) >= 11 is 0. The zero-order chi connectivity index (χ0) is 8.29. The topological polar surface area (TPSA) is 20.3 Å². The smallest absolute Gasteiger partial charge is 0.226 e. The summed E-state index contributed by atoms with van der Waals surface area (Å²) in [6.45, 7) is 0.995. The highest BCUT2D eigenvalue weighted by atomic mass is 16.2. The molecule has 12 heavy (non-hydrogen) atoms. The summed E-state index contributed by atoms with van der Waals surface area (Å²) in [5.74, 6) is 2.69. The Morgan fingerprint density at radius 1 is 1.42 bits per heavy atom. The number of carbonyl (C=O) groups excluding carboxylic acids is 1. The SMILES string of the molecule is CN1CC2C3C=CC(C3)C2C1=O. The minimum absolute atomic E-state index is 0.352. The van der Waals surface area contributed by atoms with Crippen LogP contribution in [0.25, 0.3) is 0 Å². The Morgan fingerprint density at radius 3 is 2.92 bits per heavy atom. The van der Waals surface area contributed by atoms with Gasteiger partial charge in [0.2, 0.25) is 5.91 Å². The van der Waals surface area contributed by atoms with Crippen LogP contribution in [0.2, 0.25) is 0 Å². The van der Waals surface area contributed by atoms with E-state index in [1.807, 2.05) is 11.9 Å². The Morgan fingerprint density at radius 2 is 2.17 bits per heavy atom. The predicted octanol–water partition coefficient (Wildman–Crippen LogP) is 0.897. The molecule has 0 radical (unpaired) electrons. The predicted molar refractivity (Wildman–Crippen MR) is 45.4 cm³/mol. The van der Waals surface area contributed by atoms with Gasteiger partial charge >= 0.3 is 0 Å². The van der Waals surface area contributed by atoms with Gasteiger partial charge in [0.15, 0.2) is 0 Å². The van der Waals surface area contributed by atoms with E-state index in [1.54, 1.807) is 0 Å². The summed E-state index contributed by atoms with van der Waals surface area (Å²) in [5.41, 5.74) is 0. The molecule has 1 saturated heterocycles. The molecule has 2 heteroatoms. The number of likely N-dealkylation sites (tertiary alicyclic amines) is 1. The fourth-order valence-corrected chi connectivity index (χ4v) is 3.20. The Kier molecular flexibility index (Phi) is 1.07. The van der Waals surface area contributed by atoms with Crippen LogP contribution in [0.15, 0.2) is 12.2 Å². The Hall–Kier alpha value is -0.790. The molecule has 0 aromatic rings. The van der Waals surface area contributed by atoms with Crippen molar-refractivity contribution in [1.82, 2.24) is 4.90 Å². The lowest BCUT2D eigenvalue weighted by molar-refractivity contribution is -0.130. The maximum atomic E-state index is 11.7. The van der Waals surface area contributed by atoms with Crippen molar-refractivity contribution in [3.63, 3.8) is 0 Å². The van der Waals surface area contributed by atoms with Gasteiger partial charge in [-0.05, 0) is 24.2 Å². The van der Waals surface area contributed by atoms with Crippen molar-refractivity contribution < 1.29 is 4.79 Å². The van der Waals surface area contributed by atoms with E-state index in [0.29, 0.717) is 29.6 Å². The van der Waals surface area contributed by atoms with Crippen molar-refractivity contribution >= 4 is 5.91 Å². The number of hydrogen-bond acceptors (Lipinski definition) is 1. The number of allylic oxidation sites excluding steroid dienone is 2. The average molecular weight is 163 g/mol. The maximum Gasteiger partial charge on any atom is 0.226 e. The van der Waals surface area contributed by atoms with Crippen molar-refractivity contribution in [3.8, 4) is 0 Å². The molecule has 2 fully saturated rings. The molecule has 0 spiro atoms. The van der Waals surface area contributed by atoms with Gasteiger partial charge < -0.3 is 4.90 Å². The van der Waals surface area contributed by atoms with Crippen molar-refractivity contribution in [2.24, 2.45) is 23.7 Å². The molecule has 3 aliphatic rings. The fraction of sp³-hybridized carbons (Fsp3) is 0.700. The van der Waals surface area contributed by atoms with Crippen LogP contribution in [0.1, 0.15) is 6.42 Å². The number of rotatable bonds is 0. The zero-order valence-electron chi connectivity index (χ0n) is 7.23. The van der Waals surface area contributed by atoms with E-state index in [1.165, 1.54) is 6.42 Å². The summed E-state index contributed by atoms with van der Waals surface area (Å²) in [6.07, 6.45) is 5.82. The lowest BCUT2D eigenvalue weighted by Crippen LogP contribution is -2.25. The third-order valence-corrected chi connectivity index (χ3v) is 3.77. The van der Waals surface area contributed by atoms with Crippen molar-refractivity contribution in [2.45, 2.75) is 6.42 Å². The van der Waals surface area contributed by atoms with Crippen LogP contribution in [0, 0.1) is 23.7 Å². The van der Waals surface area contributed by atoms with Gasteiger partial charge in [0.05, 0.1) is 0 Å². The minimum atomic E-state index is 0.352. The quantitative estimate of drug-likeness (QED) is 0.486. The van der Waals surface area contributed by atoms with E-state index < -0.39 is 0 Å². The molecule has 1 heterocycles. The maximum absolute atomic E-state index is 11.7. The molecular formula is C10H13NO. The molecule has 4 unspecified atom stereocenters. The summed E-state index contributed by atoms with van der Waals surface area (Å²) in [7, 11) is 1.93. The largest absolute Gasteiger partial charge is 0.345 e. The molecular weight excluding hydrogens is 150 g/mol. The molecule has 0 N–H and O–H groups in total. The van der Waals surface area contributed by atoms with Gasteiger partial charge in [-0.2, -0.15) is 0 Å². The molecule has 0 aromatic heterocycles. The van der Waals surface area contributed by atoms with Crippen molar-refractivity contribution in [3.05, 3.63) is 12.2 Å².